The number of aromatic hydroxyl groups is 1. The van der Waals surface area contributed by atoms with Crippen LogP contribution in [0.4, 0.5) is 5.69 Å². The second-order valence-corrected chi connectivity index (χ2v) is 4.77. The van der Waals surface area contributed by atoms with Gasteiger partial charge < -0.3 is 19.6 Å². The number of methoxy groups -OCH3 is 1. The molecule has 1 amide bonds. The number of esters is 1. The predicted octanol–water partition coefficient (Wildman–Crippen LogP) is 3.18. The molecule has 0 radical (unpaired) electrons. The van der Waals surface area contributed by atoms with E-state index in [1.54, 1.807) is 36.4 Å². The Labute approximate surface area is 131 Å². The molecule has 1 aromatic heterocycles. The lowest BCUT2D eigenvalue weighted by molar-refractivity contribution is 0.0569. The average molecular weight is 311 g/mol. The van der Waals surface area contributed by atoms with Crippen molar-refractivity contribution in [2.45, 2.75) is 0 Å². The van der Waals surface area contributed by atoms with E-state index in [0.29, 0.717) is 11.0 Å². The van der Waals surface area contributed by atoms with Gasteiger partial charge in [-0.1, -0.05) is 24.3 Å². The molecule has 2 N–H and O–H groups in total. The van der Waals surface area contributed by atoms with Gasteiger partial charge in [0.2, 0.25) is 5.76 Å². The number of furan rings is 1. The molecule has 0 aliphatic heterocycles. The van der Waals surface area contributed by atoms with Gasteiger partial charge in [-0.15, -0.1) is 0 Å². The Kier molecular flexibility index (Phi) is 3.72. The van der Waals surface area contributed by atoms with Crippen LogP contribution in [0.2, 0.25) is 0 Å². The summed E-state index contributed by atoms with van der Waals surface area (Å²) < 4.78 is 10.2. The number of hydrogen-bond acceptors (Lipinski definition) is 5. The smallest absolute Gasteiger partial charge is 0.376 e. The van der Waals surface area contributed by atoms with Gasteiger partial charge in [0, 0.05) is 5.39 Å². The molecule has 6 nitrogen and oxygen atoms in total. The Morgan fingerprint density at radius 1 is 1.09 bits per heavy atom. The fourth-order valence-electron chi connectivity index (χ4n) is 2.25. The third-order valence-electron chi connectivity index (χ3n) is 3.35. The zero-order valence-electron chi connectivity index (χ0n) is 12.2. The monoisotopic (exact) mass is 311 g/mol. The van der Waals surface area contributed by atoms with Crippen molar-refractivity contribution in [2.75, 3.05) is 12.4 Å². The summed E-state index contributed by atoms with van der Waals surface area (Å²) in [5.74, 6) is -1.51. The Bertz CT molecular complexity index is 897. The fourth-order valence-corrected chi connectivity index (χ4v) is 2.25. The minimum Gasteiger partial charge on any atom is -0.507 e. The quantitative estimate of drug-likeness (QED) is 0.725. The number of hydrogen-bond donors (Lipinski definition) is 2. The molecule has 2 aromatic carbocycles. The Balaban J connectivity index is 2.07. The number of amides is 1. The molecule has 0 fully saturated rings. The number of nitrogens with one attached hydrogen (secondary N) is 1. The summed E-state index contributed by atoms with van der Waals surface area (Å²) >= 11 is 0. The number of rotatable bonds is 3. The summed E-state index contributed by atoms with van der Waals surface area (Å²) in [6, 6.07) is 13.0. The van der Waals surface area contributed by atoms with Gasteiger partial charge in [-0.2, -0.15) is 0 Å². The maximum atomic E-state index is 12.4. The van der Waals surface area contributed by atoms with E-state index >= 15 is 0 Å². The van der Waals surface area contributed by atoms with Gasteiger partial charge in [0.05, 0.1) is 12.7 Å². The number of phenols is 1. The van der Waals surface area contributed by atoms with Crippen LogP contribution in [0, 0.1) is 0 Å². The normalized spacial score (nSPS) is 10.5. The summed E-state index contributed by atoms with van der Waals surface area (Å²) in [6.45, 7) is 0. The van der Waals surface area contributed by atoms with Crippen molar-refractivity contribution in [1.82, 2.24) is 0 Å². The van der Waals surface area contributed by atoms with Gasteiger partial charge in [-0.25, -0.2) is 4.79 Å². The molecule has 0 atom stereocenters. The van der Waals surface area contributed by atoms with Gasteiger partial charge in [-0.3, -0.25) is 4.79 Å². The van der Waals surface area contributed by atoms with Crippen LogP contribution >= 0.6 is 0 Å². The van der Waals surface area contributed by atoms with Crippen molar-refractivity contribution in [2.24, 2.45) is 0 Å². The number of ether oxygens (including phenoxy) is 1. The highest BCUT2D eigenvalue weighted by Gasteiger charge is 2.23. The second-order valence-electron chi connectivity index (χ2n) is 4.77. The lowest BCUT2D eigenvalue weighted by atomic mass is 10.1. The van der Waals surface area contributed by atoms with Gasteiger partial charge in [0.25, 0.3) is 5.91 Å². The summed E-state index contributed by atoms with van der Waals surface area (Å²) in [4.78, 5) is 24.2. The van der Waals surface area contributed by atoms with E-state index in [1.807, 2.05) is 0 Å². The number of carbonyl (C=O) groups is 2. The lowest BCUT2D eigenvalue weighted by Gasteiger charge is -2.06. The van der Waals surface area contributed by atoms with Crippen molar-refractivity contribution in [3.63, 3.8) is 0 Å². The molecule has 6 heteroatoms. The van der Waals surface area contributed by atoms with E-state index in [9.17, 15) is 14.7 Å². The van der Waals surface area contributed by atoms with Crippen molar-refractivity contribution in [3.05, 3.63) is 59.9 Å². The van der Waals surface area contributed by atoms with Gasteiger partial charge in [0.1, 0.15) is 17.0 Å². The standard InChI is InChI=1S/C17H13NO5/c1-22-17(21)15-14(11-7-3-5-9-13(11)23-15)18-16(20)10-6-2-4-8-12(10)19/h2-9,19H,1H3,(H,18,20). The van der Waals surface area contributed by atoms with Crippen molar-refractivity contribution in [3.8, 4) is 5.75 Å². The van der Waals surface area contributed by atoms with Crippen LogP contribution in [0.15, 0.2) is 52.9 Å². The molecule has 0 saturated carbocycles. The number of fused-ring (bicyclic) bond motifs is 1. The van der Waals surface area contributed by atoms with E-state index in [1.165, 1.54) is 19.2 Å². The van der Waals surface area contributed by atoms with Gasteiger partial charge in [-0.05, 0) is 24.3 Å². The number of carbonyl (C=O) groups excluding carboxylic acids is 2. The number of anilines is 1. The zero-order valence-corrected chi connectivity index (χ0v) is 12.2. The van der Waals surface area contributed by atoms with Crippen LogP contribution in [0.25, 0.3) is 11.0 Å². The Hall–Kier alpha value is -3.28. The summed E-state index contributed by atoms with van der Waals surface area (Å²) in [5.41, 5.74) is 0.745. The van der Waals surface area contributed by atoms with Crippen molar-refractivity contribution in [1.29, 1.82) is 0 Å². The first-order valence-electron chi connectivity index (χ1n) is 6.81. The highest BCUT2D eigenvalue weighted by atomic mass is 16.5. The van der Waals surface area contributed by atoms with E-state index in [2.05, 4.69) is 10.1 Å². The molecular formula is C17H13NO5. The van der Waals surface area contributed by atoms with Crippen LogP contribution < -0.4 is 5.32 Å². The van der Waals surface area contributed by atoms with Crippen LogP contribution in [0.1, 0.15) is 20.9 Å². The topological polar surface area (TPSA) is 88.8 Å². The molecule has 3 aromatic rings. The van der Waals surface area contributed by atoms with Crippen LogP contribution in [0.3, 0.4) is 0 Å². The second kappa shape index (κ2) is 5.84. The molecule has 0 aliphatic carbocycles. The first-order chi connectivity index (χ1) is 11.1. The van der Waals surface area contributed by atoms with Crippen molar-refractivity contribution >= 4 is 28.5 Å². The average Bonchev–Trinajstić information content (AvgIpc) is 2.93. The Morgan fingerprint density at radius 3 is 2.52 bits per heavy atom. The maximum absolute atomic E-state index is 12.4. The highest BCUT2D eigenvalue weighted by Crippen LogP contribution is 2.32. The van der Waals surface area contributed by atoms with E-state index < -0.39 is 11.9 Å². The number of para-hydroxylation sites is 2. The third kappa shape index (κ3) is 2.62. The van der Waals surface area contributed by atoms with E-state index in [-0.39, 0.29) is 22.8 Å². The molecule has 0 saturated heterocycles. The maximum Gasteiger partial charge on any atom is 0.376 e. The van der Waals surface area contributed by atoms with Crippen LogP contribution in [-0.2, 0) is 4.74 Å². The minimum absolute atomic E-state index is 0.0913. The lowest BCUT2D eigenvalue weighted by Crippen LogP contribution is -2.14. The van der Waals surface area contributed by atoms with E-state index in [4.69, 9.17) is 4.42 Å². The largest absolute Gasteiger partial charge is 0.507 e. The number of benzene rings is 2. The predicted molar refractivity (Wildman–Crippen MR) is 83.6 cm³/mol. The molecule has 0 unspecified atom stereocenters. The molecule has 116 valence electrons. The molecule has 3 rings (SSSR count). The van der Waals surface area contributed by atoms with Crippen LogP contribution in [0.5, 0.6) is 5.75 Å². The fraction of sp³-hybridized carbons (Fsp3) is 0.0588. The molecule has 0 bridgehead atoms. The van der Waals surface area contributed by atoms with E-state index in [0.717, 1.165) is 0 Å². The first-order valence-corrected chi connectivity index (χ1v) is 6.81. The summed E-state index contributed by atoms with van der Waals surface area (Å²) in [7, 11) is 1.23. The molecule has 0 spiro atoms. The number of phenolic OH excluding ortho intramolecular Hbond substituents is 1. The molecular weight excluding hydrogens is 298 g/mol. The minimum atomic E-state index is -0.700. The van der Waals surface area contributed by atoms with Gasteiger partial charge in [0.15, 0.2) is 0 Å². The SMILES string of the molecule is COC(=O)c1oc2ccccc2c1NC(=O)c1ccccc1O. The Morgan fingerprint density at radius 2 is 1.78 bits per heavy atom. The molecule has 0 aliphatic rings. The molecule has 23 heavy (non-hydrogen) atoms. The van der Waals surface area contributed by atoms with Crippen LogP contribution in [-0.4, -0.2) is 24.1 Å². The summed E-state index contributed by atoms with van der Waals surface area (Å²) in [6.07, 6.45) is 0. The third-order valence-corrected chi connectivity index (χ3v) is 3.35. The molecule has 1 heterocycles. The van der Waals surface area contributed by atoms with Crippen molar-refractivity contribution < 1.29 is 23.8 Å². The highest BCUT2D eigenvalue weighted by molar-refractivity contribution is 6.14. The first kappa shape index (κ1) is 14.6. The zero-order chi connectivity index (χ0) is 16.4. The summed E-state index contributed by atoms with van der Waals surface area (Å²) in [5, 5.41) is 13.0. The van der Waals surface area contributed by atoms with Gasteiger partial charge >= 0.3 is 5.97 Å².